The number of likely N-dealkylation sites (tertiary alicyclic amines) is 1. The van der Waals surface area contributed by atoms with Crippen molar-refractivity contribution in [1.29, 1.82) is 0 Å². The molecule has 0 aromatic carbocycles. The fraction of sp³-hybridized carbons (Fsp3) is 0.923. The molecular formula is C13H22N2O2. The van der Waals surface area contributed by atoms with Gasteiger partial charge in [-0.1, -0.05) is 0 Å². The molecule has 1 aliphatic carbocycles. The summed E-state index contributed by atoms with van der Waals surface area (Å²) in [7, 11) is 0. The lowest BCUT2D eigenvalue weighted by atomic mass is 10.0. The SMILES string of the molecule is O=C1OCCC1N1CCC(NCC2CC2)CC1. The van der Waals surface area contributed by atoms with Gasteiger partial charge in [0.05, 0.1) is 6.61 Å². The molecule has 4 heteroatoms. The molecule has 0 aromatic rings. The monoisotopic (exact) mass is 238 g/mol. The second-order valence-electron chi connectivity index (χ2n) is 5.63. The van der Waals surface area contributed by atoms with E-state index in [2.05, 4.69) is 10.2 Å². The maximum atomic E-state index is 11.5. The lowest BCUT2D eigenvalue weighted by Gasteiger charge is -2.34. The van der Waals surface area contributed by atoms with Crippen LogP contribution in [0.5, 0.6) is 0 Å². The van der Waals surface area contributed by atoms with Crippen LogP contribution in [0.25, 0.3) is 0 Å². The van der Waals surface area contributed by atoms with Gasteiger partial charge >= 0.3 is 5.97 Å². The van der Waals surface area contributed by atoms with Crippen molar-refractivity contribution in [3.63, 3.8) is 0 Å². The molecule has 3 fully saturated rings. The number of cyclic esters (lactones) is 1. The largest absolute Gasteiger partial charge is 0.464 e. The first-order valence-corrected chi connectivity index (χ1v) is 6.97. The minimum atomic E-state index is -0.00519. The molecule has 3 aliphatic rings. The van der Waals surface area contributed by atoms with Crippen LogP contribution in [0.2, 0.25) is 0 Å². The molecule has 1 N–H and O–H groups in total. The third-order valence-electron chi connectivity index (χ3n) is 4.27. The molecule has 2 saturated heterocycles. The van der Waals surface area contributed by atoms with Crippen molar-refractivity contribution in [2.75, 3.05) is 26.2 Å². The minimum Gasteiger partial charge on any atom is -0.464 e. The molecule has 0 aromatic heterocycles. The number of nitrogens with zero attached hydrogens (tertiary/aromatic N) is 1. The van der Waals surface area contributed by atoms with Gasteiger partial charge in [0.2, 0.25) is 0 Å². The number of rotatable bonds is 4. The van der Waals surface area contributed by atoms with Gasteiger partial charge in [-0.05, 0) is 38.1 Å². The van der Waals surface area contributed by atoms with Gasteiger partial charge in [0.15, 0.2) is 0 Å². The van der Waals surface area contributed by atoms with Gasteiger partial charge in [0.25, 0.3) is 0 Å². The van der Waals surface area contributed by atoms with Gasteiger partial charge < -0.3 is 10.1 Å². The van der Waals surface area contributed by atoms with E-state index < -0.39 is 0 Å². The Hall–Kier alpha value is -0.610. The summed E-state index contributed by atoms with van der Waals surface area (Å²) in [5.41, 5.74) is 0. The quantitative estimate of drug-likeness (QED) is 0.734. The fourth-order valence-electron chi connectivity index (χ4n) is 2.89. The number of hydrogen-bond donors (Lipinski definition) is 1. The van der Waals surface area contributed by atoms with E-state index in [1.165, 1.54) is 32.2 Å². The summed E-state index contributed by atoms with van der Waals surface area (Å²) in [5, 5.41) is 3.66. The van der Waals surface area contributed by atoms with E-state index in [1.54, 1.807) is 0 Å². The molecule has 0 radical (unpaired) electrons. The highest BCUT2D eigenvalue weighted by Gasteiger charge is 2.34. The van der Waals surface area contributed by atoms with Crippen LogP contribution in [0.4, 0.5) is 0 Å². The topological polar surface area (TPSA) is 41.6 Å². The van der Waals surface area contributed by atoms with E-state index in [0.29, 0.717) is 12.6 Å². The summed E-state index contributed by atoms with van der Waals surface area (Å²) in [5.74, 6) is 0.951. The van der Waals surface area contributed by atoms with Crippen molar-refractivity contribution < 1.29 is 9.53 Å². The van der Waals surface area contributed by atoms with Gasteiger partial charge in [-0.15, -0.1) is 0 Å². The maximum absolute atomic E-state index is 11.5. The summed E-state index contributed by atoms with van der Waals surface area (Å²) in [6.07, 6.45) is 6.07. The summed E-state index contributed by atoms with van der Waals surface area (Å²) in [6.45, 7) is 3.91. The Morgan fingerprint density at radius 3 is 2.53 bits per heavy atom. The number of hydrogen-bond acceptors (Lipinski definition) is 4. The molecule has 3 rings (SSSR count). The molecule has 1 atom stereocenters. The standard InChI is InChI=1S/C13H22N2O2/c16-13-12(5-8-17-13)15-6-3-11(4-7-15)14-9-10-1-2-10/h10-12,14H,1-9H2. The molecule has 0 bridgehead atoms. The van der Waals surface area contributed by atoms with E-state index in [1.807, 2.05) is 0 Å². The normalized spacial score (nSPS) is 31.8. The molecule has 1 saturated carbocycles. The van der Waals surface area contributed by atoms with Gasteiger partial charge in [-0.25, -0.2) is 0 Å². The predicted octanol–water partition coefficient (Wildman–Crippen LogP) is 0.766. The molecule has 0 spiro atoms. The minimum absolute atomic E-state index is 0.00519. The summed E-state index contributed by atoms with van der Waals surface area (Å²) >= 11 is 0. The number of esters is 1. The first kappa shape index (κ1) is 11.5. The molecular weight excluding hydrogens is 216 g/mol. The van der Waals surface area contributed by atoms with Crippen molar-refractivity contribution in [3.05, 3.63) is 0 Å². The average Bonchev–Trinajstić information content (AvgIpc) is 3.09. The Morgan fingerprint density at radius 1 is 1.18 bits per heavy atom. The summed E-state index contributed by atoms with van der Waals surface area (Å²) < 4.78 is 5.04. The molecule has 2 heterocycles. The highest BCUT2D eigenvalue weighted by atomic mass is 16.5. The first-order valence-electron chi connectivity index (χ1n) is 6.97. The second-order valence-corrected chi connectivity index (χ2v) is 5.63. The molecule has 2 aliphatic heterocycles. The highest BCUT2D eigenvalue weighted by Crippen LogP contribution is 2.28. The molecule has 0 amide bonds. The van der Waals surface area contributed by atoms with Crippen LogP contribution in [0.15, 0.2) is 0 Å². The Morgan fingerprint density at radius 2 is 1.94 bits per heavy atom. The van der Waals surface area contributed by atoms with E-state index in [0.717, 1.165) is 25.4 Å². The van der Waals surface area contributed by atoms with Crippen LogP contribution >= 0.6 is 0 Å². The van der Waals surface area contributed by atoms with Crippen molar-refractivity contribution in [2.45, 2.75) is 44.2 Å². The lowest BCUT2D eigenvalue weighted by molar-refractivity contribution is -0.142. The lowest BCUT2D eigenvalue weighted by Crippen LogP contribution is -2.48. The zero-order valence-electron chi connectivity index (χ0n) is 10.4. The van der Waals surface area contributed by atoms with Crippen LogP contribution in [-0.2, 0) is 9.53 Å². The molecule has 4 nitrogen and oxygen atoms in total. The highest BCUT2D eigenvalue weighted by molar-refractivity contribution is 5.77. The Kier molecular flexibility index (Phi) is 3.34. The third-order valence-corrected chi connectivity index (χ3v) is 4.27. The first-order chi connectivity index (χ1) is 8.33. The summed E-state index contributed by atoms with van der Waals surface area (Å²) in [4.78, 5) is 13.8. The number of piperidine rings is 1. The van der Waals surface area contributed by atoms with Crippen LogP contribution in [0, 0.1) is 5.92 Å². The van der Waals surface area contributed by atoms with Crippen LogP contribution in [-0.4, -0.2) is 49.2 Å². The zero-order valence-corrected chi connectivity index (χ0v) is 10.4. The number of carbonyl (C=O) groups excluding carboxylic acids is 1. The average molecular weight is 238 g/mol. The number of ether oxygens (including phenoxy) is 1. The van der Waals surface area contributed by atoms with E-state index in [9.17, 15) is 4.79 Å². The molecule has 17 heavy (non-hydrogen) atoms. The van der Waals surface area contributed by atoms with E-state index in [-0.39, 0.29) is 12.0 Å². The second kappa shape index (κ2) is 4.94. The van der Waals surface area contributed by atoms with Gasteiger partial charge in [0, 0.05) is 25.6 Å². The Labute approximate surface area is 103 Å². The third kappa shape index (κ3) is 2.80. The van der Waals surface area contributed by atoms with Crippen molar-refractivity contribution in [1.82, 2.24) is 10.2 Å². The Bertz CT molecular complexity index is 283. The predicted molar refractivity (Wildman–Crippen MR) is 64.7 cm³/mol. The molecule has 96 valence electrons. The van der Waals surface area contributed by atoms with Crippen molar-refractivity contribution in [2.24, 2.45) is 5.92 Å². The van der Waals surface area contributed by atoms with Gasteiger partial charge in [0.1, 0.15) is 6.04 Å². The van der Waals surface area contributed by atoms with Gasteiger partial charge in [-0.3, -0.25) is 9.69 Å². The molecule has 1 unspecified atom stereocenters. The van der Waals surface area contributed by atoms with Crippen LogP contribution in [0.3, 0.4) is 0 Å². The summed E-state index contributed by atoms with van der Waals surface area (Å²) in [6, 6.07) is 0.726. The van der Waals surface area contributed by atoms with Crippen molar-refractivity contribution >= 4 is 5.97 Å². The van der Waals surface area contributed by atoms with E-state index in [4.69, 9.17) is 4.74 Å². The zero-order chi connectivity index (χ0) is 11.7. The smallest absolute Gasteiger partial charge is 0.323 e. The van der Waals surface area contributed by atoms with Gasteiger partial charge in [-0.2, -0.15) is 0 Å². The fourth-order valence-corrected chi connectivity index (χ4v) is 2.89. The number of nitrogens with one attached hydrogen (secondary N) is 1. The van der Waals surface area contributed by atoms with Crippen molar-refractivity contribution in [3.8, 4) is 0 Å². The van der Waals surface area contributed by atoms with Crippen LogP contribution in [0.1, 0.15) is 32.1 Å². The number of carbonyl (C=O) groups is 1. The maximum Gasteiger partial charge on any atom is 0.323 e. The Balaban J connectivity index is 1.41. The van der Waals surface area contributed by atoms with E-state index >= 15 is 0 Å². The van der Waals surface area contributed by atoms with Crippen LogP contribution < -0.4 is 5.32 Å².